The van der Waals surface area contributed by atoms with Gasteiger partial charge in [-0.05, 0) is 38.0 Å². The number of hydrogen-bond donors (Lipinski definition) is 1. The number of ether oxygens (including phenoxy) is 1. The van der Waals surface area contributed by atoms with Crippen LogP contribution in [0.5, 0.6) is 0 Å². The van der Waals surface area contributed by atoms with E-state index < -0.39 is 11.6 Å². The molecular formula is C16H19F2N3O. The molecule has 0 saturated carbocycles. The van der Waals surface area contributed by atoms with E-state index in [9.17, 15) is 8.78 Å². The molecule has 0 radical (unpaired) electrons. The van der Waals surface area contributed by atoms with Gasteiger partial charge >= 0.3 is 0 Å². The molecule has 2 atom stereocenters. The van der Waals surface area contributed by atoms with E-state index in [4.69, 9.17) is 4.74 Å². The summed E-state index contributed by atoms with van der Waals surface area (Å²) in [6, 6.07) is 5.75. The monoisotopic (exact) mass is 307 g/mol. The number of rotatable bonds is 5. The van der Waals surface area contributed by atoms with Gasteiger partial charge in [-0.3, -0.25) is 0 Å². The molecule has 0 amide bonds. The third-order valence-corrected chi connectivity index (χ3v) is 3.94. The first kappa shape index (κ1) is 15.1. The van der Waals surface area contributed by atoms with E-state index in [2.05, 4.69) is 17.3 Å². The minimum Gasteiger partial charge on any atom is -0.377 e. The average molecular weight is 307 g/mol. The number of nitrogens with one attached hydrogen (secondary N) is 1. The van der Waals surface area contributed by atoms with E-state index in [0.717, 1.165) is 25.1 Å². The van der Waals surface area contributed by atoms with E-state index in [1.807, 2.05) is 0 Å². The smallest absolute Gasteiger partial charge is 0.151 e. The Kier molecular flexibility index (Phi) is 4.49. The Balaban J connectivity index is 1.66. The van der Waals surface area contributed by atoms with E-state index in [-0.39, 0.29) is 17.8 Å². The summed E-state index contributed by atoms with van der Waals surface area (Å²) in [5.74, 6) is -1.26. The molecule has 1 aliphatic heterocycles. The highest BCUT2D eigenvalue weighted by Crippen LogP contribution is 2.18. The summed E-state index contributed by atoms with van der Waals surface area (Å²) in [6.45, 7) is 3.42. The largest absolute Gasteiger partial charge is 0.377 e. The molecule has 6 heteroatoms. The van der Waals surface area contributed by atoms with Crippen LogP contribution in [-0.4, -0.2) is 28.5 Å². The van der Waals surface area contributed by atoms with Crippen molar-refractivity contribution in [2.45, 2.75) is 38.5 Å². The Labute approximate surface area is 128 Å². The van der Waals surface area contributed by atoms with Crippen LogP contribution in [0.25, 0.3) is 5.69 Å². The van der Waals surface area contributed by atoms with Gasteiger partial charge < -0.3 is 10.1 Å². The molecule has 2 heterocycles. The van der Waals surface area contributed by atoms with Crippen LogP contribution in [0.15, 0.2) is 30.5 Å². The van der Waals surface area contributed by atoms with Gasteiger partial charge in [0.2, 0.25) is 0 Å². The van der Waals surface area contributed by atoms with Gasteiger partial charge in [0.15, 0.2) is 11.6 Å². The van der Waals surface area contributed by atoms with Crippen LogP contribution in [-0.2, 0) is 11.3 Å². The van der Waals surface area contributed by atoms with Crippen molar-refractivity contribution >= 4 is 0 Å². The van der Waals surface area contributed by atoms with Gasteiger partial charge in [0.25, 0.3) is 0 Å². The van der Waals surface area contributed by atoms with Gasteiger partial charge in [-0.25, -0.2) is 13.5 Å². The highest BCUT2D eigenvalue weighted by molar-refractivity contribution is 5.34. The lowest BCUT2D eigenvalue weighted by Crippen LogP contribution is -2.36. The van der Waals surface area contributed by atoms with Gasteiger partial charge in [0, 0.05) is 25.4 Å². The second-order valence-corrected chi connectivity index (χ2v) is 5.54. The van der Waals surface area contributed by atoms with Crippen LogP contribution in [0.4, 0.5) is 8.78 Å². The molecule has 4 nitrogen and oxygen atoms in total. The van der Waals surface area contributed by atoms with Gasteiger partial charge in [-0.1, -0.05) is 6.07 Å². The maximum Gasteiger partial charge on any atom is 0.151 e. The molecule has 0 aliphatic carbocycles. The number of hydrogen-bond acceptors (Lipinski definition) is 3. The molecule has 3 rings (SSSR count). The van der Waals surface area contributed by atoms with Crippen molar-refractivity contribution in [2.24, 2.45) is 0 Å². The molecule has 1 N–H and O–H groups in total. The molecule has 0 spiro atoms. The molecule has 22 heavy (non-hydrogen) atoms. The molecule has 1 fully saturated rings. The highest BCUT2D eigenvalue weighted by atomic mass is 19.1. The summed E-state index contributed by atoms with van der Waals surface area (Å²) >= 11 is 0. The third-order valence-electron chi connectivity index (χ3n) is 3.94. The van der Waals surface area contributed by atoms with Crippen LogP contribution in [0.1, 0.15) is 25.5 Å². The van der Waals surface area contributed by atoms with E-state index in [0.29, 0.717) is 6.54 Å². The van der Waals surface area contributed by atoms with E-state index in [1.54, 1.807) is 12.3 Å². The molecular weight excluding hydrogens is 288 g/mol. The van der Waals surface area contributed by atoms with Crippen LogP contribution in [0, 0.1) is 11.6 Å². The minimum atomic E-state index is -0.629. The minimum absolute atomic E-state index is 0.152. The van der Waals surface area contributed by atoms with Gasteiger partial charge in [-0.2, -0.15) is 5.10 Å². The molecule has 1 aromatic carbocycles. The van der Waals surface area contributed by atoms with Crippen molar-refractivity contribution < 1.29 is 13.5 Å². The summed E-state index contributed by atoms with van der Waals surface area (Å²) < 4.78 is 34.3. The molecule has 2 aromatic rings. The molecule has 118 valence electrons. The van der Waals surface area contributed by atoms with Crippen molar-refractivity contribution in [3.8, 4) is 5.69 Å². The Morgan fingerprint density at radius 2 is 2.14 bits per heavy atom. The summed E-state index contributed by atoms with van der Waals surface area (Å²) in [5.41, 5.74) is 0.577. The lowest BCUT2D eigenvalue weighted by atomic mass is 10.1. The van der Waals surface area contributed by atoms with Crippen molar-refractivity contribution in [2.75, 3.05) is 6.61 Å². The number of aromatic nitrogens is 2. The second-order valence-electron chi connectivity index (χ2n) is 5.54. The second kappa shape index (κ2) is 6.54. The summed E-state index contributed by atoms with van der Waals surface area (Å²) in [5, 5.41) is 7.58. The number of nitrogens with zero attached hydrogens (tertiary/aromatic N) is 2. The van der Waals surface area contributed by atoms with Crippen molar-refractivity contribution in [1.29, 1.82) is 0 Å². The van der Waals surface area contributed by atoms with E-state index in [1.165, 1.54) is 22.9 Å². The van der Waals surface area contributed by atoms with E-state index >= 15 is 0 Å². The van der Waals surface area contributed by atoms with Crippen LogP contribution >= 0.6 is 0 Å². The zero-order valence-corrected chi connectivity index (χ0v) is 12.4. The maximum atomic E-state index is 13.7. The zero-order valence-electron chi connectivity index (χ0n) is 12.4. The SMILES string of the molecule is C[C@H](NCc1ccn(-c2c(F)cccc2F)n1)[C@H]1CCCO1. The van der Waals surface area contributed by atoms with Crippen molar-refractivity contribution in [3.63, 3.8) is 0 Å². The van der Waals surface area contributed by atoms with Crippen molar-refractivity contribution in [3.05, 3.63) is 47.8 Å². The number of para-hydroxylation sites is 1. The predicted octanol–water partition coefficient (Wildman–Crippen LogP) is 2.81. The summed E-state index contributed by atoms with van der Waals surface area (Å²) in [4.78, 5) is 0. The fourth-order valence-electron chi connectivity index (χ4n) is 2.68. The van der Waals surface area contributed by atoms with Crippen LogP contribution in [0.3, 0.4) is 0 Å². The average Bonchev–Trinajstić information content (AvgIpc) is 3.16. The predicted molar refractivity (Wildman–Crippen MR) is 78.8 cm³/mol. The molecule has 0 bridgehead atoms. The molecule has 1 saturated heterocycles. The lowest BCUT2D eigenvalue weighted by Gasteiger charge is -2.19. The summed E-state index contributed by atoms with van der Waals surface area (Å²) in [6.07, 6.45) is 3.95. The fraction of sp³-hybridized carbons (Fsp3) is 0.438. The first-order valence-corrected chi connectivity index (χ1v) is 7.49. The van der Waals surface area contributed by atoms with Gasteiger partial charge in [-0.15, -0.1) is 0 Å². The van der Waals surface area contributed by atoms with Gasteiger partial charge in [0.1, 0.15) is 5.69 Å². The first-order chi connectivity index (χ1) is 10.6. The highest BCUT2D eigenvalue weighted by Gasteiger charge is 2.22. The number of halogens is 2. The first-order valence-electron chi connectivity index (χ1n) is 7.49. The third kappa shape index (κ3) is 3.18. The Bertz CT molecular complexity index is 618. The molecule has 1 aliphatic rings. The topological polar surface area (TPSA) is 39.1 Å². The fourth-order valence-corrected chi connectivity index (χ4v) is 2.68. The maximum absolute atomic E-state index is 13.7. The number of benzene rings is 1. The Morgan fingerprint density at radius 1 is 1.36 bits per heavy atom. The standard InChI is InChI=1S/C16H19F2N3O/c1-11(15-6-3-9-22-15)19-10-12-7-8-21(20-12)16-13(17)4-2-5-14(16)18/h2,4-5,7-8,11,15,19H,3,6,9-10H2,1H3/t11-,15+/m0/s1. The lowest BCUT2D eigenvalue weighted by molar-refractivity contribution is 0.0831. The summed E-state index contributed by atoms with van der Waals surface area (Å²) in [7, 11) is 0. The quantitative estimate of drug-likeness (QED) is 0.923. The Morgan fingerprint density at radius 3 is 2.82 bits per heavy atom. The normalized spacial score (nSPS) is 19.5. The molecule has 1 aromatic heterocycles. The van der Waals surface area contributed by atoms with Crippen LogP contribution in [0.2, 0.25) is 0 Å². The van der Waals surface area contributed by atoms with Crippen molar-refractivity contribution in [1.82, 2.24) is 15.1 Å². The molecule has 0 unspecified atom stereocenters. The zero-order chi connectivity index (χ0) is 15.5. The van der Waals surface area contributed by atoms with Crippen LogP contribution < -0.4 is 5.32 Å². The van der Waals surface area contributed by atoms with Gasteiger partial charge in [0.05, 0.1) is 11.8 Å². The Hall–Kier alpha value is -1.79.